The fourth-order valence-electron chi connectivity index (χ4n) is 2.74. The van der Waals surface area contributed by atoms with E-state index in [1.165, 1.54) is 12.8 Å². The summed E-state index contributed by atoms with van der Waals surface area (Å²) in [5.74, 6) is 1.72. The van der Waals surface area contributed by atoms with Gasteiger partial charge in [0.2, 0.25) is 0 Å². The number of nitrogens with one attached hydrogen (secondary N) is 2. The van der Waals surface area contributed by atoms with Gasteiger partial charge in [0.15, 0.2) is 5.96 Å². The van der Waals surface area contributed by atoms with Gasteiger partial charge >= 0.3 is 0 Å². The SMILES string of the molecule is CCNC(=NCc1ccco1)NC[C@H]1CCCN1CCOC. The van der Waals surface area contributed by atoms with E-state index in [9.17, 15) is 0 Å². The Balaban J connectivity index is 1.81. The fraction of sp³-hybridized carbons (Fsp3) is 0.688. The van der Waals surface area contributed by atoms with Crippen molar-refractivity contribution in [1.29, 1.82) is 0 Å². The highest BCUT2D eigenvalue weighted by Gasteiger charge is 2.23. The van der Waals surface area contributed by atoms with E-state index in [4.69, 9.17) is 9.15 Å². The second-order valence-corrected chi connectivity index (χ2v) is 5.48. The molecule has 1 aromatic rings. The Kier molecular flexibility index (Phi) is 7.25. The van der Waals surface area contributed by atoms with Gasteiger partial charge < -0.3 is 19.8 Å². The number of ether oxygens (including phenoxy) is 1. The molecule has 0 saturated carbocycles. The molecule has 0 bridgehead atoms. The number of rotatable bonds is 8. The third-order valence-electron chi connectivity index (χ3n) is 3.90. The molecule has 0 radical (unpaired) electrons. The summed E-state index contributed by atoms with van der Waals surface area (Å²) < 4.78 is 10.5. The number of aliphatic imine (C=N–C) groups is 1. The molecule has 0 unspecified atom stereocenters. The molecule has 0 amide bonds. The van der Waals surface area contributed by atoms with Crippen molar-refractivity contribution in [1.82, 2.24) is 15.5 Å². The van der Waals surface area contributed by atoms with Crippen LogP contribution in [0, 0.1) is 0 Å². The van der Waals surface area contributed by atoms with E-state index in [0.717, 1.165) is 44.5 Å². The Morgan fingerprint density at radius 2 is 2.41 bits per heavy atom. The molecule has 1 saturated heterocycles. The van der Waals surface area contributed by atoms with Crippen LogP contribution in [-0.4, -0.2) is 56.8 Å². The fourth-order valence-corrected chi connectivity index (χ4v) is 2.74. The van der Waals surface area contributed by atoms with Crippen LogP contribution in [0.2, 0.25) is 0 Å². The maximum absolute atomic E-state index is 5.32. The number of hydrogen-bond donors (Lipinski definition) is 2. The van der Waals surface area contributed by atoms with Crippen LogP contribution in [0.1, 0.15) is 25.5 Å². The van der Waals surface area contributed by atoms with Gasteiger partial charge in [0, 0.05) is 32.8 Å². The number of nitrogens with zero attached hydrogens (tertiary/aromatic N) is 2. The number of guanidine groups is 1. The first-order chi connectivity index (χ1) is 10.8. The Morgan fingerprint density at radius 1 is 1.50 bits per heavy atom. The van der Waals surface area contributed by atoms with Crippen molar-refractivity contribution in [2.24, 2.45) is 4.99 Å². The molecular weight excluding hydrogens is 280 g/mol. The average molecular weight is 308 g/mol. The molecule has 6 nitrogen and oxygen atoms in total. The molecule has 1 aliphatic heterocycles. The van der Waals surface area contributed by atoms with Gasteiger partial charge in [-0.3, -0.25) is 4.90 Å². The summed E-state index contributed by atoms with van der Waals surface area (Å²) in [5, 5.41) is 6.73. The first-order valence-electron chi connectivity index (χ1n) is 8.11. The van der Waals surface area contributed by atoms with Gasteiger partial charge in [0.25, 0.3) is 0 Å². The average Bonchev–Trinajstić information content (AvgIpc) is 3.19. The zero-order valence-electron chi connectivity index (χ0n) is 13.7. The molecular formula is C16H28N4O2. The van der Waals surface area contributed by atoms with E-state index >= 15 is 0 Å². The predicted octanol–water partition coefficient (Wildman–Crippen LogP) is 1.45. The molecule has 2 N–H and O–H groups in total. The zero-order valence-corrected chi connectivity index (χ0v) is 13.7. The Hall–Kier alpha value is -1.53. The summed E-state index contributed by atoms with van der Waals surface area (Å²) in [6, 6.07) is 4.39. The van der Waals surface area contributed by atoms with Crippen LogP contribution in [0.3, 0.4) is 0 Å². The van der Waals surface area contributed by atoms with E-state index in [1.54, 1.807) is 13.4 Å². The highest BCUT2D eigenvalue weighted by molar-refractivity contribution is 5.79. The van der Waals surface area contributed by atoms with E-state index in [-0.39, 0.29) is 0 Å². The number of hydrogen-bond acceptors (Lipinski definition) is 4. The minimum absolute atomic E-state index is 0.556. The maximum atomic E-state index is 5.32. The predicted molar refractivity (Wildman–Crippen MR) is 88.0 cm³/mol. The molecule has 6 heteroatoms. The number of likely N-dealkylation sites (tertiary alicyclic amines) is 1. The van der Waals surface area contributed by atoms with Crippen molar-refractivity contribution in [3.8, 4) is 0 Å². The second-order valence-electron chi connectivity index (χ2n) is 5.48. The van der Waals surface area contributed by atoms with Gasteiger partial charge in [0.05, 0.1) is 12.9 Å². The molecule has 0 aromatic carbocycles. The van der Waals surface area contributed by atoms with Crippen molar-refractivity contribution < 1.29 is 9.15 Å². The number of furan rings is 1. The van der Waals surface area contributed by atoms with Crippen LogP contribution < -0.4 is 10.6 Å². The largest absolute Gasteiger partial charge is 0.467 e. The van der Waals surface area contributed by atoms with Crippen molar-refractivity contribution >= 4 is 5.96 Å². The maximum Gasteiger partial charge on any atom is 0.191 e. The van der Waals surface area contributed by atoms with Gasteiger partial charge in [0.1, 0.15) is 12.3 Å². The topological polar surface area (TPSA) is 62.0 Å². The first-order valence-corrected chi connectivity index (χ1v) is 8.11. The third kappa shape index (κ3) is 5.35. The molecule has 1 atom stereocenters. The van der Waals surface area contributed by atoms with Crippen LogP contribution in [0.4, 0.5) is 0 Å². The lowest BCUT2D eigenvalue weighted by Crippen LogP contribution is -2.45. The van der Waals surface area contributed by atoms with Gasteiger partial charge in [-0.2, -0.15) is 0 Å². The molecule has 2 rings (SSSR count). The normalized spacial score (nSPS) is 19.5. The highest BCUT2D eigenvalue weighted by atomic mass is 16.5. The van der Waals surface area contributed by atoms with E-state index in [0.29, 0.717) is 12.6 Å². The van der Waals surface area contributed by atoms with Crippen molar-refractivity contribution in [3.05, 3.63) is 24.2 Å². The second kappa shape index (κ2) is 9.48. The van der Waals surface area contributed by atoms with Gasteiger partial charge in [-0.05, 0) is 38.4 Å². The van der Waals surface area contributed by atoms with Gasteiger partial charge in [-0.15, -0.1) is 0 Å². The summed E-state index contributed by atoms with van der Waals surface area (Å²) in [6.45, 7) is 7.35. The van der Waals surface area contributed by atoms with Crippen molar-refractivity contribution in [2.75, 3.05) is 39.9 Å². The van der Waals surface area contributed by atoms with E-state index in [1.807, 2.05) is 12.1 Å². The lowest BCUT2D eigenvalue weighted by Gasteiger charge is -2.25. The van der Waals surface area contributed by atoms with Crippen molar-refractivity contribution in [2.45, 2.75) is 32.4 Å². The minimum Gasteiger partial charge on any atom is -0.467 e. The molecule has 124 valence electrons. The highest BCUT2D eigenvalue weighted by Crippen LogP contribution is 2.15. The monoisotopic (exact) mass is 308 g/mol. The molecule has 2 heterocycles. The Labute approximate surface area is 132 Å². The first kappa shape index (κ1) is 16.8. The van der Waals surface area contributed by atoms with E-state index < -0.39 is 0 Å². The summed E-state index contributed by atoms with van der Waals surface area (Å²) in [4.78, 5) is 7.05. The molecule has 0 spiro atoms. The molecule has 1 aromatic heterocycles. The molecule has 1 fully saturated rings. The quantitative estimate of drug-likeness (QED) is 0.562. The number of methoxy groups -OCH3 is 1. The third-order valence-corrected chi connectivity index (χ3v) is 3.90. The van der Waals surface area contributed by atoms with Crippen LogP contribution in [-0.2, 0) is 11.3 Å². The summed E-state index contributed by atoms with van der Waals surface area (Å²) in [7, 11) is 1.76. The van der Waals surface area contributed by atoms with Crippen LogP contribution in [0.25, 0.3) is 0 Å². The molecule has 1 aliphatic rings. The molecule has 0 aliphatic carbocycles. The zero-order chi connectivity index (χ0) is 15.6. The summed E-state index contributed by atoms with van der Waals surface area (Å²) in [5.41, 5.74) is 0. The minimum atomic E-state index is 0.556. The smallest absolute Gasteiger partial charge is 0.191 e. The van der Waals surface area contributed by atoms with E-state index in [2.05, 4.69) is 27.4 Å². The Bertz CT molecular complexity index is 433. The summed E-state index contributed by atoms with van der Waals surface area (Å²) in [6.07, 6.45) is 4.17. The Morgan fingerprint density at radius 3 is 3.14 bits per heavy atom. The standard InChI is InChI=1S/C16H28N4O2/c1-3-17-16(19-13-15-7-5-10-22-15)18-12-14-6-4-8-20(14)9-11-21-2/h5,7,10,14H,3-4,6,8-9,11-13H2,1-2H3,(H2,17,18,19)/t14-/m1/s1. The van der Waals surface area contributed by atoms with Crippen LogP contribution >= 0.6 is 0 Å². The van der Waals surface area contributed by atoms with Crippen LogP contribution in [0.15, 0.2) is 27.8 Å². The lowest BCUT2D eigenvalue weighted by atomic mass is 10.2. The van der Waals surface area contributed by atoms with Crippen LogP contribution in [0.5, 0.6) is 0 Å². The summed E-state index contributed by atoms with van der Waals surface area (Å²) >= 11 is 0. The van der Waals surface area contributed by atoms with Gasteiger partial charge in [-0.25, -0.2) is 4.99 Å². The van der Waals surface area contributed by atoms with Crippen molar-refractivity contribution in [3.63, 3.8) is 0 Å². The van der Waals surface area contributed by atoms with Gasteiger partial charge in [-0.1, -0.05) is 0 Å². The molecule has 22 heavy (non-hydrogen) atoms. The lowest BCUT2D eigenvalue weighted by molar-refractivity contribution is 0.141.